The molecule has 3 aromatic heterocycles. The van der Waals surface area contributed by atoms with Crippen LogP contribution in [0.15, 0.2) is 11.7 Å². The lowest BCUT2D eigenvalue weighted by Crippen LogP contribution is -2.08. The number of nitrogens with zero attached hydrogens (tertiary/aromatic N) is 3. The number of anilines is 1. The minimum Gasteiger partial charge on any atom is -0.369 e. The number of fused-ring (bicyclic) bond motifs is 3. The van der Waals surface area contributed by atoms with Crippen LogP contribution in [0.25, 0.3) is 10.2 Å². The topological polar surface area (TPSA) is 50.7 Å². The van der Waals surface area contributed by atoms with Gasteiger partial charge in [-0.25, -0.2) is 15.0 Å². The molecule has 0 saturated carbocycles. The molecule has 23 heavy (non-hydrogen) atoms. The number of aryl methyl sites for hydroxylation is 3. The van der Waals surface area contributed by atoms with E-state index in [-0.39, 0.29) is 0 Å². The van der Waals surface area contributed by atoms with E-state index in [0.29, 0.717) is 0 Å². The summed E-state index contributed by atoms with van der Waals surface area (Å²) in [5, 5.41) is 8.17. The fourth-order valence-corrected chi connectivity index (χ4v) is 5.17. The van der Waals surface area contributed by atoms with E-state index in [4.69, 9.17) is 0 Å². The van der Waals surface area contributed by atoms with Gasteiger partial charge in [-0.05, 0) is 37.7 Å². The van der Waals surface area contributed by atoms with Gasteiger partial charge in [0.25, 0.3) is 0 Å². The minimum absolute atomic E-state index is 0.865. The van der Waals surface area contributed by atoms with Gasteiger partial charge in [-0.15, -0.1) is 22.7 Å². The number of aromatic nitrogens is 3. The predicted molar refractivity (Wildman–Crippen MR) is 97.7 cm³/mol. The number of thiophene rings is 1. The number of thiazole rings is 1. The van der Waals surface area contributed by atoms with Crippen LogP contribution >= 0.6 is 22.7 Å². The second-order valence-electron chi connectivity index (χ2n) is 5.88. The molecule has 3 heterocycles. The second kappa shape index (κ2) is 6.53. The van der Waals surface area contributed by atoms with Gasteiger partial charge < -0.3 is 5.32 Å². The van der Waals surface area contributed by atoms with Crippen molar-refractivity contribution in [3.05, 3.63) is 32.8 Å². The first-order chi connectivity index (χ1) is 11.3. The van der Waals surface area contributed by atoms with Crippen LogP contribution in [0.4, 0.5) is 5.82 Å². The van der Waals surface area contributed by atoms with Gasteiger partial charge in [0.1, 0.15) is 17.0 Å². The van der Waals surface area contributed by atoms with E-state index in [9.17, 15) is 0 Å². The number of nitrogens with one attached hydrogen (secondary N) is 1. The maximum Gasteiger partial charge on any atom is 0.138 e. The molecule has 0 atom stereocenters. The third-order valence-corrected chi connectivity index (χ3v) is 6.57. The highest BCUT2D eigenvalue weighted by Crippen LogP contribution is 2.38. The van der Waals surface area contributed by atoms with E-state index >= 15 is 0 Å². The SMILES string of the molecule is CCc1nc(CCNc2ncnc3sc4c(c23)CCCC4)cs1. The molecule has 4 nitrogen and oxygen atoms in total. The molecule has 6 heteroatoms. The van der Waals surface area contributed by atoms with E-state index in [0.717, 1.165) is 30.0 Å². The first-order valence-corrected chi connectivity index (χ1v) is 9.97. The first kappa shape index (κ1) is 15.0. The average Bonchev–Trinajstić information content (AvgIpc) is 3.19. The summed E-state index contributed by atoms with van der Waals surface area (Å²) in [7, 11) is 0. The van der Waals surface area contributed by atoms with Gasteiger partial charge >= 0.3 is 0 Å². The van der Waals surface area contributed by atoms with E-state index in [1.807, 2.05) is 11.3 Å². The maximum absolute atomic E-state index is 4.63. The zero-order chi connectivity index (χ0) is 15.6. The monoisotopic (exact) mass is 344 g/mol. The number of rotatable bonds is 5. The molecule has 0 fully saturated rings. The van der Waals surface area contributed by atoms with Gasteiger partial charge in [0.2, 0.25) is 0 Å². The summed E-state index contributed by atoms with van der Waals surface area (Å²) in [6.07, 6.45) is 8.60. The molecular formula is C17H20N4S2. The van der Waals surface area contributed by atoms with E-state index in [1.165, 1.54) is 52.2 Å². The van der Waals surface area contributed by atoms with Crippen LogP contribution in [0.2, 0.25) is 0 Å². The number of hydrogen-bond acceptors (Lipinski definition) is 6. The minimum atomic E-state index is 0.865. The van der Waals surface area contributed by atoms with Gasteiger partial charge in [0.05, 0.1) is 16.1 Å². The van der Waals surface area contributed by atoms with Crippen molar-refractivity contribution in [2.75, 3.05) is 11.9 Å². The summed E-state index contributed by atoms with van der Waals surface area (Å²) in [6.45, 7) is 3.02. The smallest absolute Gasteiger partial charge is 0.138 e. The molecule has 1 aliphatic carbocycles. The lowest BCUT2D eigenvalue weighted by Gasteiger charge is -2.12. The lowest BCUT2D eigenvalue weighted by molar-refractivity contribution is 0.700. The molecule has 0 amide bonds. The third kappa shape index (κ3) is 2.97. The van der Waals surface area contributed by atoms with Crippen molar-refractivity contribution in [3.63, 3.8) is 0 Å². The summed E-state index contributed by atoms with van der Waals surface area (Å²) in [6, 6.07) is 0. The largest absolute Gasteiger partial charge is 0.369 e. The lowest BCUT2D eigenvalue weighted by atomic mass is 9.97. The summed E-state index contributed by atoms with van der Waals surface area (Å²) < 4.78 is 0. The van der Waals surface area contributed by atoms with Crippen molar-refractivity contribution in [1.82, 2.24) is 15.0 Å². The Kier molecular flexibility index (Phi) is 4.27. The van der Waals surface area contributed by atoms with Gasteiger partial charge in [-0.3, -0.25) is 0 Å². The fourth-order valence-electron chi connectivity index (χ4n) is 3.16. The summed E-state index contributed by atoms with van der Waals surface area (Å²) in [5.41, 5.74) is 2.67. The molecule has 1 aliphatic rings. The summed E-state index contributed by atoms with van der Waals surface area (Å²) in [5.74, 6) is 1.00. The van der Waals surface area contributed by atoms with Crippen molar-refractivity contribution in [2.45, 2.75) is 45.4 Å². The molecule has 0 aliphatic heterocycles. The summed E-state index contributed by atoms with van der Waals surface area (Å²) in [4.78, 5) is 16.3. The Labute approximate surface area is 144 Å². The van der Waals surface area contributed by atoms with Crippen molar-refractivity contribution in [2.24, 2.45) is 0 Å². The zero-order valence-electron chi connectivity index (χ0n) is 13.3. The molecule has 0 radical (unpaired) electrons. The standard InChI is InChI=1S/C17H20N4S2/c1-2-14-21-11(9-22-14)7-8-18-16-15-12-5-3-4-6-13(12)23-17(15)20-10-19-16/h9-10H,2-8H2,1H3,(H,18,19,20). The van der Waals surface area contributed by atoms with Crippen molar-refractivity contribution >= 4 is 38.7 Å². The van der Waals surface area contributed by atoms with Gasteiger partial charge in [0, 0.05) is 23.2 Å². The zero-order valence-corrected chi connectivity index (χ0v) is 14.9. The Morgan fingerprint density at radius 2 is 2.13 bits per heavy atom. The Morgan fingerprint density at radius 1 is 1.22 bits per heavy atom. The van der Waals surface area contributed by atoms with Gasteiger partial charge in [0.15, 0.2) is 0 Å². The third-order valence-electron chi connectivity index (χ3n) is 4.33. The Balaban J connectivity index is 1.53. The highest BCUT2D eigenvalue weighted by Gasteiger charge is 2.19. The second-order valence-corrected chi connectivity index (χ2v) is 7.90. The molecule has 0 aromatic carbocycles. The van der Waals surface area contributed by atoms with Crippen molar-refractivity contribution in [3.8, 4) is 0 Å². The molecule has 1 N–H and O–H groups in total. The Morgan fingerprint density at radius 3 is 3.00 bits per heavy atom. The summed E-state index contributed by atoms with van der Waals surface area (Å²) >= 11 is 3.60. The highest BCUT2D eigenvalue weighted by atomic mass is 32.1. The molecule has 0 saturated heterocycles. The average molecular weight is 345 g/mol. The maximum atomic E-state index is 4.63. The van der Waals surface area contributed by atoms with E-state index < -0.39 is 0 Å². The van der Waals surface area contributed by atoms with Crippen LogP contribution < -0.4 is 5.32 Å². The first-order valence-electron chi connectivity index (χ1n) is 8.27. The van der Waals surface area contributed by atoms with Gasteiger partial charge in [-0.2, -0.15) is 0 Å². The quantitative estimate of drug-likeness (QED) is 0.752. The normalized spacial score (nSPS) is 14.1. The van der Waals surface area contributed by atoms with Gasteiger partial charge in [-0.1, -0.05) is 6.92 Å². The molecule has 0 bridgehead atoms. The van der Waals surface area contributed by atoms with Crippen LogP contribution in [-0.4, -0.2) is 21.5 Å². The number of hydrogen-bond donors (Lipinski definition) is 1. The molecule has 0 unspecified atom stereocenters. The van der Waals surface area contributed by atoms with E-state index in [2.05, 4.69) is 32.6 Å². The molecule has 120 valence electrons. The Hall–Kier alpha value is -1.53. The highest BCUT2D eigenvalue weighted by molar-refractivity contribution is 7.19. The van der Waals surface area contributed by atoms with Crippen LogP contribution in [0, 0.1) is 0 Å². The van der Waals surface area contributed by atoms with Crippen LogP contribution in [0.3, 0.4) is 0 Å². The molecule has 0 spiro atoms. The van der Waals surface area contributed by atoms with Crippen LogP contribution in [0.5, 0.6) is 0 Å². The van der Waals surface area contributed by atoms with E-state index in [1.54, 1.807) is 17.7 Å². The molecule has 3 aromatic rings. The Bertz CT molecular complexity index is 821. The fraction of sp³-hybridized carbons (Fsp3) is 0.471. The van der Waals surface area contributed by atoms with Crippen molar-refractivity contribution in [1.29, 1.82) is 0 Å². The van der Waals surface area contributed by atoms with Crippen LogP contribution in [-0.2, 0) is 25.7 Å². The molecule has 4 rings (SSSR count). The predicted octanol–water partition coefficient (Wildman–Crippen LogP) is 4.24. The van der Waals surface area contributed by atoms with Crippen molar-refractivity contribution < 1.29 is 0 Å². The van der Waals surface area contributed by atoms with Crippen LogP contribution in [0.1, 0.15) is 40.9 Å². The molecular weight excluding hydrogens is 324 g/mol.